The molecule has 0 atom stereocenters. The van der Waals surface area contributed by atoms with E-state index in [1.807, 2.05) is 12.1 Å². The number of para-hydroxylation sites is 1. The zero-order chi connectivity index (χ0) is 13.7. The first kappa shape index (κ1) is 12.3. The third kappa shape index (κ3) is 2.77. The van der Waals surface area contributed by atoms with Gasteiger partial charge in [0.2, 0.25) is 0 Å². The first-order valence-corrected chi connectivity index (χ1v) is 5.46. The van der Waals surface area contributed by atoms with Crippen LogP contribution >= 0.6 is 0 Å². The predicted octanol–water partition coefficient (Wildman–Crippen LogP) is 2.65. The summed E-state index contributed by atoms with van der Waals surface area (Å²) in [6, 6.07) is 16.6. The number of carbonyl (C=O) groups excluding carboxylic acids is 1. The Bertz CT molecular complexity index is 709. The van der Waals surface area contributed by atoms with Crippen LogP contribution in [0.25, 0.3) is 0 Å². The van der Waals surface area contributed by atoms with Gasteiger partial charge < -0.3 is 4.74 Å². The van der Waals surface area contributed by atoms with Gasteiger partial charge in [-0.3, -0.25) is 0 Å². The van der Waals surface area contributed by atoms with Crippen LogP contribution in [0.4, 0.5) is 0 Å². The lowest BCUT2D eigenvalue weighted by Gasteiger charge is -2.05. The number of nitrogens with zero attached hydrogens (tertiary/aromatic N) is 2. The SMILES string of the molecule is N#Cc1cccc(C(=O)Oc2ccccc2C#N)c1. The molecule has 0 aliphatic heterocycles. The number of rotatable bonds is 2. The minimum atomic E-state index is -0.597. The third-order valence-electron chi connectivity index (χ3n) is 2.44. The van der Waals surface area contributed by atoms with E-state index in [-0.39, 0.29) is 16.9 Å². The minimum Gasteiger partial charge on any atom is -0.422 e. The molecule has 0 spiro atoms. The molecule has 0 fully saturated rings. The summed E-state index contributed by atoms with van der Waals surface area (Å²) in [7, 11) is 0. The van der Waals surface area contributed by atoms with Crippen LogP contribution in [0.15, 0.2) is 48.5 Å². The van der Waals surface area contributed by atoms with E-state index in [1.54, 1.807) is 42.5 Å². The van der Waals surface area contributed by atoms with Crippen molar-refractivity contribution in [2.45, 2.75) is 0 Å². The number of hydrogen-bond acceptors (Lipinski definition) is 4. The summed E-state index contributed by atoms with van der Waals surface area (Å²) in [6.45, 7) is 0. The average Bonchev–Trinajstić information content (AvgIpc) is 2.47. The van der Waals surface area contributed by atoms with Gasteiger partial charge in [-0.2, -0.15) is 10.5 Å². The van der Waals surface area contributed by atoms with E-state index >= 15 is 0 Å². The Morgan fingerprint density at radius 2 is 1.79 bits per heavy atom. The standard InChI is InChI=1S/C15H8N2O2/c16-9-11-4-3-6-12(8-11)15(18)19-14-7-2-1-5-13(14)10-17/h1-8H. The monoisotopic (exact) mass is 248 g/mol. The van der Waals surface area contributed by atoms with Crippen LogP contribution < -0.4 is 4.74 Å². The van der Waals surface area contributed by atoms with Crippen LogP contribution in [0.1, 0.15) is 21.5 Å². The Labute approximate surface area is 110 Å². The number of ether oxygens (including phenoxy) is 1. The minimum absolute atomic E-state index is 0.206. The van der Waals surface area contributed by atoms with Gasteiger partial charge >= 0.3 is 5.97 Å². The summed E-state index contributed by atoms with van der Waals surface area (Å²) in [5, 5.41) is 17.7. The lowest BCUT2D eigenvalue weighted by Crippen LogP contribution is -2.09. The van der Waals surface area contributed by atoms with Crippen molar-refractivity contribution in [1.29, 1.82) is 10.5 Å². The van der Waals surface area contributed by atoms with Crippen LogP contribution in [0.3, 0.4) is 0 Å². The largest absolute Gasteiger partial charge is 0.422 e. The fourth-order valence-electron chi connectivity index (χ4n) is 1.52. The Kier molecular flexibility index (Phi) is 3.56. The van der Waals surface area contributed by atoms with Gasteiger partial charge in [0.15, 0.2) is 0 Å². The van der Waals surface area contributed by atoms with Gasteiger partial charge in [0, 0.05) is 0 Å². The van der Waals surface area contributed by atoms with E-state index in [1.165, 1.54) is 6.07 Å². The summed E-state index contributed by atoms with van der Waals surface area (Å²) in [4.78, 5) is 11.9. The molecule has 0 N–H and O–H groups in total. The number of benzene rings is 2. The van der Waals surface area contributed by atoms with Crippen LogP contribution in [-0.2, 0) is 0 Å². The Hall–Kier alpha value is -3.11. The third-order valence-corrected chi connectivity index (χ3v) is 2.44. The topological polar surface area (TPSA) is 73.9 Å². The predicted molar refractivity (Wildman–Crippen MR) is 67.3 cm³/mol. The summed E-state index contributed by atoms with van der Waals surface area (Å²) < 4.78 is 5.15. The first-order valence-electron chi connectivity index (χ1n) is 5.46. The molecule has 4 nitrogen and oxygen atoms in total. The smallest absolute Gasteiger partial charge is 0.343 e. The van der Waals surface area contributed by atoms with E-state index in [0.717, 1.165) is 0 Å². The van der Waals surface area contributed by atoms with Gasteiger partial charge in [-0.25, -0.2) is 4.79 Å². The number of esters is 1. The lowest BCUT2D eigenvalue weighted by atomic mass is 10.1. The molecule has 2 aromatic rings. The first-order chi connectivity index (χ1) is 9.24. The maximum Gasteiger partial charge on any atom is 0.343 e. The molecule has 0 unspecified atom stereocenters. The Morgan fingerprint density at radius 3 is 2.53 bits per heavy atom. The second-order valence-corrected chi connectivity index (χ2v) is 3.69. The Morgan fingerprint density at radius 1 is 1.00 bits per heavy atom. The highest BCUT2D eigenvalue weighted by molar-refractivity contribution is 5.91. The molecule has 0 aliphatic carbocycles. The van der Waals surface area contributed by atoms with Crippen LogP contribution in [0, 0.1) is 22.7 Å². The van der Waals surface area contributed by atoms with Gasteiger partial charge in [0.25, 0.3) is 0 Å². The fraction of sp³-hybridized carbons (Fsp3) is 0. The van der Waals surface area contributed by atoms with Crippen molar-refractivity contribution in [2.75, 3.05) is 0 Å². The molecule has 2 aromatic carbocycles. The number of carbonyl (C=O) groups is 1. The van der Waals surface area contributed by atoms with E-state index in [2.05, 4.69) is 0 Å². The van der Waals surface area contributed by atoms with Gasteiger partial charge in [-0.1, -0.05) is 18.2 Å². The number of nitriles is 2. The van der Waals surface area contributed by atoms with Crippen molar-refractivity contribution in [3.63, 3.8) is 0 Å². The van der Waals surface area contributed by atoms with Crippen molar-refractivity contribution in [3.05, 3.63) is 65.2 Å². The molecule has 0 saturated heterocycles. The summed E-state index contributed by atoms with van der Waals surface area (Å²) in [5.41, 5.74) is 0.932. The molecule has 0 aliphatic rings. The van der Waals surface area contributed by atoms with Gasteiger partial charge in [0.1, 0.15) is 11.8 Å². The highest BCUT2D eigenvalue weighted by atomic mass is 16.5. The van der Waals surface area contributed by atoms with E-state index < -0.39 is 5.97 Å². The van der Waals surface area contributed by atoms with Gasteiger partial charge in [-0.15, -0.1) is 0 Å². The molecule has 0 amide bonds. The molecule has 0 bridgehead atoms. The molecule has 4 heteroatoms. The summed E-state index contributed by atoms with van der Waals surface area (Å²) >= 11 is 0. The second-order valence-electron chi connectivity index (χ2n) is 3.69. The van der Waals surface area contributed by atoms with Crippen molar-refractivity contribution >= 4 is 5.97 Å². The quantitative estimate of drug-likeness (QED) is 0.604. The molecule has 2 rings (SSSR count). The van der Waals surface area contributed by atoms with Crippen molar-refractivity contribution in [1.82, 2.24) is 0 Å². The molecule has 90 valence electrons. The lowest BCUT2D eigenvalue weighted by molar-refractivity contribution is 0.0734. The fourth-order valence-corrected chi connectivity index (χ4v) is 1.52. The van der Waals surface area contributed by atoms with E-state index in [4.69, 9.17) is 15.3 Å². The van der Waals surface area contributed by atoms with Crippen LogP contribution in [0.5, 0.6) is 5.75 Å². The summed E-state index contributed by atoms with van der Waals surface area (Å²) in [5.74, 6) is -0.392. The van der Waals surface area contributed by atoms with Crippen molar-refractivity contribution < 1.29 is 9.53 Å². The van der Waals surface area contributed by atoms with Crippen LogP contribution in [-0.4, -0.2) is 5.97 Å². The number of hydrogen-bond donors (Lipinski definition) is 0. The molecular weight excluding hydrogens is 240 g/mol. The zero-order valence-corrected chi connectivity index (χ0v) is 9.83. The second kappa shape index (κ2) is 5.48. The highest BCUT2D eigenvalue weighted by Gasteiger charge is 2.11. The van der Waals surface area contributed by atoms with Crippen molar-refractivity contribution in [2.24, 2.45) is 0 Å². The molecular formula is C15H8N2O2. The van der Waals surface area contributed by atoms with Crippen molar-refractivity contribution in [3.8, 4) is 17.9 Å². The maximum absolute atomic E-state index is 11.9. The van der Waals surface area contributed by atoms with Gasteiger partial charge in [0.05, 0.1) is 22.8 Å². The van der Waals surface area contributed by atoms with Crippen LogP contribution in [0.2, 0.25) is 0 Å². The molecule has 0 aromatic heterocycles. The highest BCUT2D eigenvalue weighted by Crippen LogP contribution is 2.18. The van der Waals surface area contributed by atoms with E-state index in [9.17, 15) is 4.79 Å². The molecule has 19 heavy (non-hydrogen) atoms. The average molecular weight is 248 g/mol. The molecule has 0 heterocycles. The molecule has 0 saturated carbocycles. The van der Waals surface area contributed by atoms with Gasteiger partial charge in [-0.05, 0) is 30.3 Å². The normalized spacial score (nSPS) is 9.16. The Balaban J connectivity index is 2.27. The molecule has 0 radical (unpaired) electrons. The summed E-state index contributed by atoms with van der Waals surface area (Å²) in [6.07, 6.45) is 0. The zero-order valence-electron chi connectivity index (χ0n) is 9.83. The maximum atomic E-state index is 11.9. The van der Waals surface area contributed by atoms with E-state index in [0.29, 0.717) is 5.56 Å².